The van der Waals surface area contributed by atoms with Crippen LogP contribution in [0.15, 0.2) is 0 Å². The first-order chi connectivity index (χ1) is 8.20. The van der Waals surface area contributed by atoms with Crippen LogP contribution in [-0.2, 0) is 4.79 Å². The molecule has 1 heterocycles. The molecule has 0 unspecified atom stereocenters. The number of nitrogens with two attached hydrogens (primary N) is 1. The molecule has 0 spiro atoms. The van der Waals surface area contributed by atoms with Crippen molar-refractivity contribution >= 4 is 5.91 Å². The van der Waals surface area contributed by atoms with Gasteiger partial charge in [0, 0.05) is 25.0 Å². The van der Waals surface area contributed by atoms with Crippen LogP contribution in [0.4, 0.5) is 0 Å². The van der Waals surface area contributed by atoms with Crippen molar-refractivity contribution in [2.75, 3.05) is 20.1 Å². The van der Waals surface area contributed by atoms with Crippen molar-refractivity contribution in [1.82, 2.24) is 10.2 Å². The van der Waals surface area contributed by atoms with Gasteiger partial charge in [-0.05, 0) is 51.6 Å². The third-order valence-electron chi connectivity index (χ3n) is 4.40. The highest BCUT2D eigenvalue weighted by Crippen LogP contribution is 2.26. The predicted octanol–water partition coefficient (Wildman–Crippen LogP) is 0.714. The summed E-state index contributed by atoms with van der Waals surface area (Å²) in [7, 11) is 1.73. The van der Waals surface area contributed by atoms with Crippen molar-refractivity contribution in [3.05, 3.63) is 0 Å². The fourth-order valence-corrected chi connectivity index (χ4v) is 3.20. The summed E-state index contributed by atoms with van der Waals surface area (Å²) in [5.74, 6) is 0.456. The van der Waals surface area contributed by atoms with E-state index in [1.54, 1.807) is 7.05 Å². The molecule has 4 nitrogen and oxygen atoms in total. The van der Waals surface area contributed by atoms with Crippen LogP contribution in [0.3, 0.4) is 0 Å². The van der Waals surface area contributed by atoms with Gasteiger partial charge in [0.05, 0.1) is 0 Å². The Bertz CT molecular complexity index is 253. The molecule has 2 fully saturated rings. The van der Waals surface area contributed by atoms with Crippen LogP contribution < -0.4 is 11.1 Å². The minimum absolute atomic E-state index is 0.218. The van der Waals surface area contributed by atoms with Gasteiger partial charge in [-0.1, -0.05) is 0 Å². The van der Waals surface area contributed by atoms with E-state index in [-0.39, 0.29) is 11.8 Å². The second-order valence-electron chi connectivity index (χ2n) is 5.49. The van der Waals surface area contributed by atoms with Gasteiger partial charge in [-0.2, -0.15) is 0 Å². The van der Waals surface area contributed by atoms with Crippen LogP contribution in [0.1, 0.15) is 38.5 Å². The van der Waals surface area contributed by atoms with Crippen LogP contribution in [0.2, 0.25) is 0 Å². The van der Waals surface area contributed by atoms with Gasteiger partial charge in [-0.3, -0.25) is 4.79 Å². The summed E-state index contributed by atoms with van der Waals surface area (Å²) < 4.78 is 0. The van der Waals surface area contributed by atoms with Crippen LogP contribution >= 0.6 is 0 Å². The van der Waals surface area contributed by atoms with Crippen molar-refractivity contribution in [1.29, 1.82) is 0 Å². The van der Waals surface area contributed by atoms with Crippen molar-refractivity contribution in [3.8, 4) is 0 Å². The third-order valence-corrected chi connectivity index (χ3v) is 4.40. The summed E-state index contributed by atoms with van der Waals surface area (Å²) in [5.41, 5.74) is 5.93. The average molecular weight is 239 g/mol. The zero-order chi connectivity index (χ0) is 12.3. The molecular formula is C13H25N3O. The van der Waals surface area contributed by atoms with Gasteiger partial charge in [0.2, 0.25) is 5.91 Å². The number of nitrogens with one attached hydrogen (secondary N) is 1. The van der Waals surface area contributed by atoms with Crippen LogP contribution in [0, 0.1) is 5.92 Å². The number of carbonyl (C=O) groups excluding carboxylic acids is 1. The Morgan fingerprint density at radius 3 is 2.24 bits per heavy atom. The molecular weight excluding hydrogens is 214 g/mol. The Balaban J connectivity index is 1.77. The smallest absolute Gasteiger partial charge is 0.222 e. The molecule has 1 amide bonds. The van der Waals surface area contributed by atoms with Gasteiger partial charge >= 0.3 is 0 Å². The van der Waals surface area contributed by atoms with Gasteiger partial charge in [-0.15, -0.1) is 0 Å². The first kappa shape index (κ1) is 12.8. The van der Waals surface area contributed by atoms with E-state index >= 15 is 0 Å². The zero-order valence-electron chi connectivity index (χ0n) is 10.8. The Labute approximate surface area is 104 Å². The number of likely N-dealkylation sites (tertiary alicyclic amines) is 1. The van der Waals surface area contributed by atoms with E-state index in [0.29, 0.717) is 6.04 Å². The van der Waals surface area contributed by atoms with Crippen molar-refractivity contribution in [3.63, 3.8) is 0 Å². The SMILES string of the molecule is CNC(=O)C1CCN(C2CCC(N)CC2)CC1. The molecule has 98 valence electrons. The minimum atomic E-state index is 0.218. The number of hydrogen-bond donors (Lipinski definition) is 2. The van der Waals surface area contributed by atoms with E-state index in [9.17, 15) is 4.79 Å². The Morgan fingerprint density at radius 2 is 1.71 bits per heavy atom. The molecule has 1 saturated heterocycles. The van der Waals surface area contributed by atoms with Gasteiger partial charge < -0.3 is 16.0 Å². The second kappa shape index (κ2) is 5.83. The van der Waals surface area contributed by atoms with E-state index < -0.39 is 0 Å². The maximum Gasteiger partial charge on any atom is 0.222 e. The van der Waals surface area contributed by atoms with E-state index in [1.807, 2.05) is 0 Å². The Kier molecular flexibility index (Phi) is 4.40. The molecule has 1 aliphatic carbocycles. The van der Waals surface area contributed by atoms with E-state index in [0.717, 1.165) is 32.0 Å². The number of nitrogens with zero attached hydrogens (tertiary/aromatic N) is 1. The first-order valence-corrected chi connectivity index (χ1v) is 6.92. The molecule has 17 heavy (non-hydrogen) atoms. The molecule has 0 bridgehead atoms. The molecule has 3 N–H and O–H groups in total. The molecule has 1 aliphatic heterocycles. The van der Waals surface area contributed by atoms with Crippen molar-refractivity contribution in [2.24, 2.45) is 11.7 Å². The summed E-state index contributed by atoms with van der Waals surface area (Å²) in [6.45, 7) is 2.16. The topological polar surface area (TPSA) is 58.4 Å². The van der Waals surface area contributed by atoms with Crippen LogP contribution in [0.5, 0.6) is 0 Å². The van der Waals surface area contributed by atoms with Gasteiger partial charge in [0.1, 0.15) is 0 Å². The van der Waals surface area contributed by atoms with Crippen LogP contribution in [0.25, 0.3) is 0 Å². The lowest BCUT2D eigenvalue weighted by Gasteiger charge is -2.39. The molecule has 4 heteroatoms. The fourth-order valence-electron chi connectivity index (χ4n) is 3.20. The minimum Gasteiger partial charge on any atom is -0.359 e. The van der Waals surface area contributed by atoms with E-state index in [2.05, 4.69) is 10.2 Å². The Morgan fingerprint density at radius 1 is 1.12 bits per heavy atom. The molecule has 2 rings (SSSR count). The maximum atomic E-state index is 11.5. The summed E-state index contributed by atoms with van der Waals surface area (Å²) in [6, 6.07) is 1.15. The first-order valence-electron chi connectivity index (χ1n) is 6.92. The van der Waals surface area contributed by atoms with Crippen molar-refractivity contribution < 1.29 is 4.79 Å². The largest absolute Gasteiger partial charge is 0.359 e. The van der Waals surface area contributed by atoms with Gasteiger partial charge in [-0.25, -0.2) is 0 Å². The molecule has 0 atom stereocenters. The van der Waals surface area contributed by atoms with Crippen LogP contribution in [-0.4, -0.2) is 43.0 Å². The lowest BCUT2D eigenvalue weighted by atomic mass is 9.88. The summed E-state index contributed by atoms with van der Waals surface area (Å²) in [5, 5.41) is 2.76. The summed E-state index contributed by atoms with van der Waals surface area (Å²) >= 11 is 0. The monoisotopic (exact) mass is 239 g/mol. The average Bonchev–Trinajstić information content (AvgIpc) is 2.39. The lowest BCUT2D eigenvalue weighted by molar-refractivity contribution is -0.126. The lowest BCUT2D eigenvalue weighted by Crippen LogP contribution is -2.46. The predicted molar refractivity (Wildman–Crippen MR) is 68.6 cm³/mol. The number of piperidine rings is 1. The number of amides is 1. The molecule has 0 radical (unpaired) electrons. The molecule has 2 aliphatic rings. The summed E-state index contributed by atoms with van der Waals surface area (Å²) in [6.07, 6.45) is 6.85. The number of carbonyl (C=O) groups is 1. The third kappa shape index (κ3) is 3.19. The maximum absolute atomic E-state index is 11.5. The normalized spacial score (nSPS) is 32.4. The molecule has 0 aromatic rings. The highest BCUT2D eigenvalue weighted by atomic mass is 16.1. The fraction of sp³-hybridized carbons (Fsp3) is 0.923. The molecule has 1 saturated carbocycles. The molecule has 0 aromatic heterocycles. The van der Waals surface area contributed by atoms with Gasteiger partial charge in [0.25, 0.3) is 0 Å². The highest BCUT2D eigenvalue weighted by Gasteiger charge is 2.29. The molecule has 0 aromatic carbocycles. The number of rotatable bonds is 2. The standard InChI is InChI=1S/C13H25N3O/c1-15-13(17)10-6-8-16(9-7-10)12-4-2-11(14)3-5-12/h10-12H,2-9,14H2,1H3,(H,15,17). The van der Waals surface area contributed by atoms with Crippen molar-refractivity contribution in [2.45, 2.75) is 50.6 Å². The highest BCUT2D eigenvalue weighted by molar-refractivity contribution is 5.78. The zero-order valence-corrected chi connectivity index (χ0v) is 10.8. The number of hydrogen-bond acceptors (Lipinski definition) is 3. The Hall–Kier alpha value is -0.610. The van der Waals surface area contributed by atoms with E-state index in [1.165, 1.54) is 25.7 Å². The summed E-state index contributed by atoms with van der Waals surface area (Å²) in [4.78, 5) is 14.1. The second-order valence-corrected chi connectivity index (χ2v) is 5.49. The van der Waals surface area contributed by atoms with Gasteiger partial charge in [0.15, 0.2) is 0 Å². The van der Waals surface area contributed by atoms with E-state index in [4.69, 9.17) is 5.73 Å². The quantitative estimate of drug-likeness (QED) is 0.746.